The van der Waals surface area contributed by atoms with E-state index in [-0.39, 0.29) is 5.91 Å². The Labute approximate surface area is 107 Å². The molecule has 1 aromatic heterocycles. The van der Waals surface area contributed by atoms with Crippen molar-refractivity contribution >= 4 is 17.5 Å². The monoisotopic (exact) mass is 249 g/mol. The van der Waals surface area contributed by atoms with Gasteiger partial charge in [-0.25, -0.2) is 9.97 Å². The molecule has 1 fully saturated rings. The minimum atomic E-state index is 0.212. The molecule has 0 unspecified atom stereocenters. The van der Waals surface area contributed by atoms with E-state index in [1.54, 1.807) is 6.07 Å². The van der Waals surface area contributed by atoms with Gasteiger partial charge in [-0.15, -0.1) is 0 Å². The quantitative estimate of drug-likeness (QED) is 0.827. The van der Waals surface area contributed by atoms with Crippen LogP contribution in [-0.2, 0) is 4.79 Å². The number of rotatable bonds is 4. The second kappa shape index (κ2) is 6.18. The van der Waals surface area contributed by atoms with Crippen molar-refractivity contribution < 1.29 is 4.79 Å². The Morgan fingerprint density at radius 2 is 2.11 bits per heavy atom. The Balaban J connectivity index is 1.73. The van der Waals surface area contributed by atoms with Crippen LogP contribution < -0.4 is 11.1 Å². The number of nitrogens with one attached hydrogen (secondary N) is 1. The first-order valence-corrected chi connectivity index (χ1v) is 6.35. The lowest BCUT2D eigenvalue weighted by molar-refractivity contribution is -0.131. The van der Waals surface area contributed by atoms with E-state index < -0.39 is 0 Å². The van der Waals surface area contributed by atoms with Crippen molar-refractivity contribution in [3.8, 4) is 0 Å². The van der Waals surface area contributed by atoms with E-state index in [2.05, 4.69) is 15.3 Å². The Morgan fingerprint density at radius 3 is 2.83 bits per heavy atom. The van der Waals surface area contributed by atoms with Crippen LogP contribution in [0.2, 0.25) is 0 Å². The third kappa shape index (κ3) is 3.58. The van der Waals surface area contributed by atoms with Crippen LogP contribution in [0.1, 0.15) is 25.7 Å². The first kappa shape index (κ1) is 12.6. The van der Waals surface area contributed by atoms with Gasteiger partial charge in [-0.2, -0.15) is 0 Å². The highest BCUT2D eigenvalue weighted by Gasteiger charge is 2.15. The normalized spacial score (nSPS) is 15.4. The summed E-state index contributed by atoms with van der Waals surface area (Å²) in [6, 6.07) is 1.66. The van der Waals surface area contributed by atoms with Crippen LogP contribution in [0.4, 0.5) is 11.6 Å². The number of aromatic nitrogens is 2. The van der Waals surface area contributed by atoms with Gasteiger partial charge in [0, 0.05) is 32.1 Å². The van der Waals surface area contributed by atoms with Gasteiger partial charge in [-0.1, -0.05) is 0 Å². The highest BCUT2D eigenvalue weighted by molar-refractivity contribution is 5.76. The summed E-state index contributed by atoms with van der Waals surface area (Å²) >= 11 is 0. The summed E-state index contributed by atoms with van der Waals surface area (Å²) in [5.41, 5.74) is 5.54. The molecule has 1 amide bonds. The Morgan fingerprint density at radius 1 is 1.33 bits per heavy atom. The topological polar surface area (TPSA) is 84.1 Å². The predicted octanol–water partition coefficient (Wildman–Crippen LogP) is 0.873. The molecule has 0 aromatic carbocycles. The molecule has 0 spiro atoms. The van der Waals surface area contributed by atoms with Gasteiger partial charge in [-0.05, 0) is 19.3 Å². The van der Waals surface area contributed by atoms with E-state index in [9.17, 15) is 4.79 Å². The fraction of sp³-hybridized carbons (Fsp3) is 0.583. The van der Waals surface area contributed by atoms with Crippen LogP contribution in [-0.4, -0.2) is 40.4 Å². The number of likely N-dealkylation sites (tertiary alicyclic amines) is 1. The zero-order valence-electron chi connectivity index (χ0n) is 10.4. The van der Waals surface area contributed by atoms with Crippen molar-refractivity contribution in [2.45, 2.75) is 25.7 Å². The van der Waals surface area contributed by atoms with Crippen LogP contribution in [0, 0.1) is 0 Å². The van der Waals surface area contributed by atoms with E-state index in [0.29, 0.717) is 24.6 Å². The lowest BCUT2D eigenvalue weighted by atomic mass is 10.1. The second-order valence-corrected chi connectivity index (χ2v) is 4.45. The predicted molar refractivity (Wildman–Crippen MR) is 70.0 cm³/mol. The van der Waals surface area contributed by atoms with Gasteiger partial charge in [-0.3, -0.25) is 4.79 Å². The molecule has 2 rings (SSSR count). The molecule has 6 heteroatoms. The Bertz CT molecular complexity index is 403. The first-order chi connectivity index (χ1) is 8.75. The number of anilines is 2. The molecule has 0 saturated carbocycles. The molecule has 0 atom stereocenters. The van der Waals surface area contributed by atoms with Crippen LogP contribution in [0.15, 0.2) is 12.4 Å². The lowest BCUT2D eigenvalue weighted by Crippen LogP contribution is -2.36. The van der Waals surface area contributed by atoms with E-state index in [0.717, 1.165) is 25.9 Å². The molecule has 1 aromatic rings. The van der Waals surface area contributed by atoms with Gasteiger partial charge in [0.25, 0.3) is 0 Å². The largest absolute Gasteiger partial charge is 0.384 e. The standard InChI is InChI=1S/C12H19N5O/c13-10-8-11(16-9-15-10)14-5-4-12(18)17-6-2-1-3-7-17/h8-9H,1-7H2,(H3,13,14,15,16). The minimum absolute atomic E-state index is 0.212. The number of hydrogen-bond acceptors (Lipinski definition) is 5. The third-order valence-corrected chi connectivity index (χ3v) is 3.04. The maximum atomic E-state index is 11.9. The van der Waals surface area contributed by atoms with Crippen LogP contribution >= 0.6 is 0 Å². The second-order valence-electron chi connectivity index (χ2n) is 4.45. The maximum Gasteiger partial charge on any atom is 0.224 e. The number of nitrogen functional groups attached to an aromatic ring is 1. The van der Waals surface area contributed by atoms with E-state index in [4.69, 9.17) is 5.73 Å². The summed E-state index contributed by atoms with van der Waals surface area (Å²) in [5.74, 6) is 1.30. The molecule has 3 N–H and O–H groups in total. The molecule has 6 nitrogen and oxygen atoms in total. The Kier molecular flexibility index (Phi) is 4.33. The summed E-state index contributed by atoms with van der Waals surface area (Å²) in [4.78, 5) is 21.7. The van der Waals surface area contributed by atoms with Gasteiger partial charge >= 0.3 is 0 Å². The van der Waals surface area contributed by atoms with Gasteiger partial charge in [0.15, 0.2) is 0 Å². The SMILES string of the molecule is Nc1cc(NCCC(=O)N2CCCCC2)ncn1. The molecule has 2 heterocycles. The number of carbonyl (C=O) groups is 1. The van der Waals surface area contributed by atoms with Crippen molar-refractivity contribution in [2.75, 3.05) is 30.7 Å². The summed E-state index contributed by atoms with van der Waals surface area (Å²) in [7, 11) is 0. The molecule has 18 heavy (non-hydrogen) atoms. The zero-order valence-corrected chi connectivity index (χ0v) is 10.4. The van der Waals surface area contributed by atoms with Crippen molar-refractivity contribution in [3.05, 3.63) is 12.4 Å². The number of nitrogens with two attached hydrogens (primary N) is 1. The number of piperidine rings is 1. The number of amides is 1. The van der Waals surface area contributed by atoms with Gasteiger partial charge in [0.1, 0.15) is 18.0 Å². The van der Waals surface area contributed by atoms with Crippen LogP contribution in [0.5, 0.6) is 0 Å². The number of nitrogens with zero attached hydrogens (tertiary/aromatic N) is 3. The van der Waals surface area contributed by atoms with E-state index in [1.165, 1.54) is 12.7 Å². The fourth-order valence-electron chi connectivity index (χ4n) is 2.07. The smallest absolute Gasteiger partial charge is 0.224 e. The molecule has 0 radical (unpaired) electrons. The fourth-order valence-corrected chi connectivity index (χ4v) is 2.07. The summed E-state index contributed by atoms with van der Waals surface area (Å²) in [6.07, 6.45) is 5.39. The average Bonchev–Trinajstić information content (AvgIpc) is 2.40. The van der Waals surface area contributed by atoms with Crippen molar-refractivity contribution in [2.24, 2.45) is 0 Å². The molecule has 1 aliphatic rings. The molecule has 1 saturated heterocycles. The maximum absolute atomic E-state index is 11.9. The van der Waals surface area contributed by atoms with Gasteiger partial charge in [0.2, 0.25) is 5.91 Å². The Hall–Kier alpha value is -1.85. The van der Waals surface area contributed by atoms with Crippen molar-refractivity contribution in [1.29, 1.82) is 0 Å². The van der Waals surface area contributed by atoms with Crippen molar-refractivity contribution in [3.63, 3.8) is 0 Å². The summed E-state index contributed by atoms with van der Waals surface area (Å²) in [5, 5.41) is 3.08. The molecule has 1 aliphatic heterocycles. The number of hydrogen-bond donors (Lipinski definition) is 2. The molecule has 0 bridgehead atoms. The molecular weight excluding hydrogens is 230 g/mol. The third-order valence-electron chi connectivity index (χ3n) is 3.04. The van der Waals surface area contributed by atoms with Crippen LogP contribution in [0.3, 0.4) is 0 Å². The minimum Gasteiger partial charge on any atom is -0.384 e. The number of carbonyl (C=O) groups excluding carboxylic acids is 1. The summed E-state index contributed by atoms with van der Waals surface area (Å²) < 4.78 is 0. The van der Waals surface area contributed by atoms with Gasteiger partial charge < -0.3 is 16.0 Å². The lowest BCUT2D eigenvalue weighted by Gasteiger charge is -2.26. The summed E-state index contributed by atoms with van der Waals surface area (Å²) in [6.45, 7) is 2.38. The van der Waals surface area contributed by atoms with Gasteiger partial charge in [0.05, 0.1) is 0 Å². The molecule has 0 aliphatic carbocycles. The molecule has 98 valence electrons. The molecular formula is C12H19N5O. The highest BCUT2D eigenvalue weighted by atomic mass is 16.2. The van der Waals surface area contributed by atoms with E-state index >= 15 is 0 Å². The van der Waals surface area contributed by atoms with Crippen LogP contribution in [0.25, 0.3) is 0 Å². The highest BCUT2D eigenvalue weighted by Crippen LogP contribution is 2.10. The van der Waals surface area contributed by atoms with E-state index in [1.807, 2.05) is 4.90 Å². The van der Waals surface area contributed by atoms with Crippen molar-refractivity contribution in [1.82, 2.24) is 14.9 Å². The average molecular weight is 249 g/mol. The zero-order chi connectivity index (χ0) is 12.8. The first-order valence-electron chi connectivity index (χ1n) is 6.35.